The zero-order valence-corrected chi connectivity index (χ0v) is 13.4. The summed E-state index contributed by atoms with van der Waals surface area (Å²) in [6, 6.07) is 7.60. The Morgan fingerprint density at radius 1 is 1.29 bits per heavy atom. The van der Waals surface area contributed by atoms with Crippen molar-refractivity contribution in [1.82, 2.24) is 0 Å². The minimum absolute atomic E-state index is 0.0228. The van der Waals surface area contributed by atoms with Crippen LogP contribution in [0.4, 0.5) is 0 Å². The normalized spacial score (nSPS) is 12.4. The molecule has 3 N–H and O–H groups in total. The van der Waals surface area contributed by atoms with Crippen molar-refractivity contribution < 1.29 is 9.84 Å². The van der Waals surface area contributed by atoms with Crippen molar-refractivity contribution in [3.8, 4) is 17.6 Å². The summed E-state index contributed by atoms with van der Waals surface area (Å²) < 4.78 is 5.68. The van der Waals surface area contributed by atoms with E-state index in [1.807, 2.05) is 31.2 Å². The third-order valence-electron chi connectivity index (χ3n) is 3.27. The molecule has 0 aliphatic heterocycles. The van der Waals surface area contributed by atoms with E-state index in [1.165, 1.54) is 0 Å². The highest BCUT2D eigenvalue weighted by atomic mass is 16.5. The molecule has 21 heavy (non-hydrogen) atoms. The van der Waals surface area contributed by atoms with Gasteiger partial charge < -0.3 is 15.6 Å². The maximum Gasteiger partial charge on any atom is 0.125 e. The Morgan fingerprint density at radius 3 is 2.52 bits per heavy atom. The summed E-state index contributed by atoms with van der Waals surface area (Å²) in [5.41, 5.74) is 5.52. The van der Waals surface area contributed by atoms with Crippen LogP contribution in [0, 0.1) is 11.8 Å². The van der Waals surface area contributed by atoms with Crippen molar-refractivity contribution in [2.24, 2.45) is 5.73 Å². The van der Waals surface area contributed by atoms with Gasteiger partial charge >= 0.3 is 0 Å². The van der Waals surface area contributed by atoms with Crippen LogP contribution in [0.5, 0.6) is 5.75 Å². The molecule has 0 bridgehead atoms. The van der Waals surface area contributed by atoms with Crippen molar-refractivity contribution >= 4 is 0 Å². The van der Waals surface area contributed by atoms with Crippen LogP contribution in [-0.4, -0.2) is 23.4 Å². The van der Waals surface area contributed by atoms with E-state index in [1.54, 1.807) is 0 Å². The minimum atomic E-state index is -0.884. The van der Waals surface area contributed by atoms with Gasteiger partial charge in [-0.1, -0.05) is 44.6 Å². The summed E-state index contributed by atoms with van der Waals surface area (Å²) in [7, 11) is 0. The molecule has 116 valence electrons. The number of rotatable bonds is 7. The first-order valence-electron chi connectivity index (χ1n) is 7.75. The van der Waals surface area contributed by atoms with Crippen LogP contribution in [0.1, 0.15) is 52.0 Å². The van der Waals surface area contributed by atoms with Crippen LogP contribution in [0.3, 0.4) is 0 Å². The second kappa shape index (κ2) is 8.71. The molecule has 0 saturated heterocycles. The Hall–Kier alpha value is -1.50. The second-order valence-electron chi connectivity index (χ2n) is 5.47. The molecular weight excluding hydrogens is 262 g/mol. The molecule has 0 heterocycles. The maximum atomic E-state index is 10.5. The van der Waals surface area contributed by atoms with E-state index in [2.05, 4.69) is 25.7 Å². The molecule has 0 radical (unpaired) electrons. The zero-order chi connectivity index (χ0) is 15.7. The summed E-state index contributed by atoms with van der Waals surface area (Å²) in [5, 5.41) is 10.5. The van der Waals surface area contributed by atoms with Gasteiger partial charge in [0.15, 0.2) is 0 Å². The molecule has 1 rings (SSSR count). The van der Waals surface area contributed by atoms with E-state index in [0.717, 1.165) is 24.2 Å². The van der Waals surface area contributed by atoms with Gasteiger partial charge in [-0.25, -0.2) is 0 Å². The molecule has 1 unspecified atom stereocenters. The number of hydrogen-bond acceptors (Lipinski definition) is 3. The van der Waals surface area contributed by atoms with Crippen molar-refractivity contribution in [1.29, 1.82) is 0 Å². The molecule has 3 heteroatoms. The van der Waals surface area contributed by atoms with Gasteiger partial charge in [0.25, 0.3) is 0 Å². The lowest BCUT2D eigenvalue weighted by molar-refractivity contribution is 0.0807. The number of benzene rings is 1. The third-order valence-corrected chi connectivity index (χ3v) is 3.27. The summed E-state index contributed by atoms with van der Waals surface area (Å²) >= 11 is 0. The Bertz CT molecular complexity index is 481. The van der Waals surface area contributed by atoms with Crippen LogP contribution < -0.4 is 10.5 Å². The van der Waals surface area contributed by atoms with Crippen LogP contribution in [0.15, 0.2) is 24.3 Å². The Labute approximate surface area is 128 Å². The first-order chi connectivity index (χ1) is 10.0. The smallest absolute Gasteiger partial charge is 0.125 e. The highest BCUT2D eigenvalue weighted by Gasteiger charge is 2.21. The SMILES string of the molecule is CCCC(O)(C#Cc1cccc(OC(C)CN)c1)CCC. The molecule has 0 saturated carbocycles. The fraction of sp³-hybridized carbons (Fsp3) is 0.556. The average molecular weight is 289 g/mol. The summed E-state index contributed by atoms with van der Waals surface area (Å²) in [6.45, 7) is 6.53. The predicted molar refractivity (Wildman–Crippen MR) is 87.2 cm³/mol. The number of aliphatic hydroxyl groups is 1. The van der Waals surface area contributed by atoms with Crippen LogP contribution in [0.25, 0.3) is 0 Å². The van der Waals surface area contributed by atoms with E-state index < -0.39 is 5.60 Å². The third kappa shape index (κ3) is 6.20. The van der Waals surface area contributed by atoms with Crippen molar-refractivity contribution in [2.45, 2.75) is 58.2 Å². The maximum absolute atomic E-state index is 10.5. The van der Waals surface area contributed by atoms with Gasteiger partial charge in [0, 0.05) is 12.1 Å². The number of ether oxygens (including phenoxy) is 1. The fourth-order valence-corrected chi connectivity index (χ4v) is 2.19. The Balaban J connectivity index is 2.87. The molecule has 0 amide bonds. The van der Waals surface area contributed by atoms with Gasteiger partial charge in [0.1, 0.15) is 17.5 Å². The molecule has 1 aromatic carbocycles. The quantitative estimate of drug-likeness (QED) is 0.758. The monoisotopic (exact) mass is 289 g/mol. The van der Waals surface area contributed by atoms with Gasteiger partial charge in [0.2, 0.25) is 0 Å². The lowest BCUT2D eigenvalue weighted by Gasteiger charge is -2.20. The van der Waals surface area contributed by atoms with E-state index in [-0.39, 0.29) is 6.10 Å². The molecule has 0 fully saturated rings. The fourth-order valence-electron chi connectivity index (χ4n) is 2.19. The topological polar surface area (TPSA) is 55.5 Å². The number of nitrogens with two attached hydrogens (primary N) is 1. The Kier molecular flexibility index (Phi) is 7.28. The standard InChI is InChI=1S/C18H27NO2/c1-4-10-18(20,11-5-2)12-9-16-7-6-8-17(13-16)21-15(3)14-19/h6-8,13,15,20H,4-5,10-11,14,19H2,1-3H3. The van der Waals surface area contributed by atoms with Crippen molar-refractivity contribution in [3.63, 3.8) is 0 Å². The zero-order valence-electron chi connectivity index (χ0n) is 13.4. The van der Waals surface area contributed by atoms with E-state index in [9.17, 15) is 5.11 Å². The van der Waals surface area contributed by atoms with Crippen LogP contribution in [-0.2, 0) is 0 Å². The highest BCUT2D eigenvalue weighted by Crippen LogP contribution is 2.19. The molecule has 0 spiro atoms. The van der Waals surface area contributed by atoms with Gasteiger partial charge in [-0.15, -0.1) is 0 Å². The highest BCUT2D eigenvalue weighted by molar-refractivity contribution is 5.41. The molecular formula is C18H27NO2. The number of hydrogen-bond donors (Lipinski definition) is 2. The van der Waals surface area contributed by atoms with Crippen LogP contribution in [0.2, 0.25) is 0 Å². The van der Waals surface area contributed by atoms with E-state index in [0.29, 0.717) is 19.4 Å². The molecule has 1 aromatic rings. The summed E-state index contributed by atoms with van der Waals surface area (Å²) in [5.74, 6) is 6.87. The average Bonchev–Trinajstić information content (AvgIpc) is 2.46. The van der Waals surface area contributed by atoms with Gasteiger partial charge in [-0.05, 0) is 38.0 Å². The second-order valence-corrected chi connectivity index (χ2v) is 5.47. The minimum Gasteiger partial charge on any atom is -0.489 e. The lowest BCUT2D eigenvalue weighted by atomic mass is 9.93. The Morgan fingerprint density at radius 2 is 1.95 bits per heavy atom. The molecule has 3 nitrogen and oxygen atoms in total. The molecule has 0 aliphatic rings. The molecule has 0 aliphatic carbocycles. The van der Waals surface area contributed by atoms with Gasteiger partial charge in [0.05, 0.1) is 0 Å². The summed E-state index contributed by atoms with van der Waals surface area (Å²) in [4.78, 5) is 0. The van der Waals surface area contributed by atoms with Crippen molar-refractivity contribution in [3.05, 3.63) is 29.8 Å². The molecule has 1 atom stereocenters. The van der Waals surface area contributed by atoms with Gasteiger partial charge in [-0.2, -0.15) is 0 Å². The largest absolute Gasteiger partial charge is 0.489 e. The van der Waals surface area contributed by atoms with Crippen LogP contribution >= 0.6 is 0 Å². The first-order valence-corrected chi connectivity index (χ1v) is 7.75. The van der Waals surface area contributed by atoms with Crippen molar-refractivity contribution in [2.75, 3.05) is 6.54 Å². The molecule has 0 aromatic heterocycles. The van der Waals surface area contributed by atoms with Gasteiger partial charge in [-0.3, -0.25) is 0 Å². The predicted octanol–water partition coefficient (Wildman–Crippen LogP) is 3.10. The lowest BCUT2D eigenvalue weighted by Crippen LogP contribution is -2.25. The van der Waals surface area contributed by atoms with E-state index >= 15 is 0 Å². The van der Waals surface area contributed by atoms with E-state index in [4.69, 9.17) is 10.5 Å². The first kappa shape index (κ1) is 17.6. The summed E-state index contributed by atoms with van der Waals surface area (Å²) in [6.07, 6.45) is 3.22.